The largest absolute Gasteiger partial charge is 0.466 e. The van der Waals surface area contributed by atoms with Crippen LogP contribution in [0.25, 0.3) is 0 Å². The van der Waals surface area contributed by atoms with Gasteiger partial charge in [0, 0.05) is 11.5 Å². The van der Waals surface area contributed by atoms with E-state index in [1.165, 1.54) is 19.1 Å². The van der Waals surface area contributed by atoms with Gasteiger partial charge in [-0.25, -0.2) is 4.79 Å². The van der Waals surface area contributed by atoms with Gasteiger partial charge in [-0.05, 0) is 60.5 Å². The first kappa shape index (κ1) is 17.4. The zero-order valence-electron chi connectivity index (χ0n) is 15.6. The van der Waals surface area contributed by atoms with Gasteiger partial charge >= 0.3 is 5.97 Å². The van der Waals surface area contributed by atoms with E-state index in [0.717, 1.165) is 19.3 Å². The molecule has 0 spiro atoms. The average Bonchev–Trinajstić information content (AvgIpc) is 2.52. The lowest BCUT2D eigenvalue weighted by atomic mass is 9.49. The van der Waals surface area contributed by atoms with Crippen molar-refractivity contribution < 1.29 is 14.3 Å². The number of fused-ring (bicyclic) bond motifs is 3. The molecule has 24 heavy (non-hydrogen) atoms. The average molecular weight is 330 g/mol. The molecule has 0 aromatic carbocycles. The molecule has 3 aliphatic carbocycles. The summed E-state index contributed by atoms with van der Waals surface area (Å²) in [5, 5.41) is 0. The number of carbonyl (C=O) groups excluding carboxylic acids is 2. The Balaban J connectivity index is 2.12. The molecule has 0 N–H and O–H groups in total. The highest BCUT2D eigenvalue weighted by molar-refractivity contribution is 6.00. The Kier molecular flexibility index (Phi) is 4.48. The van der Waals surface area contributed by atoms with Crippen LogP contribution in [0.5, 0.6) is 0 Å². The Morgan fingerprint density at radius 1 is 1.29 bits per heavy atom. The molecule has 3 rings (SSSR count). The number of allylic oxidation sites excluding steroid dienone is 3. The van der Waals surface area contributed by atoms with E-state index in [1.54, 1.807) is 0 Å². The van der Waals surface area contributed by atoms with Crippen LogP contribution in [-0.2, 0) is 14.3 Å². The van der Waals surface area contributed by atoms with Gasteiger partial charge < -0.3 is 4.74 Å². The number of carbonyl (C=O) groups is 2. The Labute approximate surface area is 145 Å². The summed E-state index contributed by atoms with van der Waals surface area (Å²) in [5.41, 5.74) is 1.70. The van der Waals surface area contributed by atoms with E-state index < -0.39 is 0 Å². The van der Waals surface area contributed by atoms with Crippen molar-refractivity contribution in [2.75, 3.05) is 7.11 Å². The normalized spacial score (nSPS) is 38.8. The molecule has 0 aliphatic heterocycles. The monoisotopic (exact) mass is 330 g/mol. The van der Waals surface area contributed by atoms with Gasteiger partial charge in [0.2, 0.25) is 0 Å². The molecule has 1 saturated carbocycles. The van der Waals surface area contributed by atoms with E-state index in [0.29, 0.717) is 23.3 Å². The van der Waals surface area contributed by atoms with E-state index in [2.05, 4.69) is 33.8 Å². The van der Waals surface area contributed by atoms with Gasteiger partial charge in [0.15, 0.2) is 0 Å². The van der Waals surface area contributed by atoms with Crippen LogP contribution in [0.3, 0.4) is 0 Å². The van der Waals surface area contributed by atoms with E-state index in [9.17, 15) is 9.59 Å². The Morgan fingerprint density at radius 2 is 2.00 bits per heavy atom. The fraction of sp³-hybridized carbons (Fsp3) is 0.714. The highest BCUT2D eigenvalue weighted by Crippen LogP contribution is 2.58. The zero-order valence-corrected chi connectivity index (χ0v) is 15.6. The summed E-state index contributed by atoms with van der Waals surface area (Å²) in [6.45, 7) is 8.69. The topological polar surface area (TPSA) is 43.4 Å². The number of hydrogen-bond acceptors (Lipinski definition) is 3. The third kappa shape index (κ3) is 2.57. The SMILES string of the molecule is COC(=O)C1=CC2=C[C@@H](C)CC[C@@H]2[C@@]2(C)CC[C@@H](C(C)C)C(=O)[C@@H]12. The van der Waals surface area contributed by atoms with Crippen molar-refractivity contribution in [2.24, 2.45) is 35.0 Å². The predicted molar refractivity (Wildman–Crippen MR) is 94.2 cm³/mol. The Hall–Kier alpha value is -1.38. The van der Waals surface area contributed by atoms with Crippen molar-refractivity contribution in [3.05, 3.63) is 23.3 Å². The predicted octanol–water partition coefficient (Wildman–Crippen LogP) is 4.33. The summed E-state index contributed by atoms with van der Waals surface area (Å²) >= 11 is 0. The maximum atomic E-state index is 13.3. The number of ketones is 1. The second kappa shape index (κ2) is 6.16. The van der Waals surface area contributed by atoms with Crippen LogP contribution in [0.1, 0.15) is 53.4 Å². The van der Waals surface area contributed by atoms with Crippen molar-refractivity contribution in [3.8, 4) is 0 Å². The molecule has 132 valence electrons. The minimum absolute atomic E-state index is 0.0594. The summed E-state index contributed by atoms with van der Waals surface area (Å²) in [4.78, 5) is 25.8. The zero-order chi connectivity index (χ0) is 17.6. The molecule has 0 amide bonds. The lowest BCUT2D eigenvalue weighted by Crippen LogP contribution is -2.52. The van der Waals surface area contributed by atoms with Gasteiger partial charge in [-0.2, -0.15) is 0 Å². The summed E-state index contributed by atoms with van der Waals surface area (Å²) < 4.78 is 5.05. The molecule has 1 fully saturated rings. The first-order valence-corrected chi connectivity index (χ1v) is 9.35. The van der Waals surface area contributed by atoms with E-state index >= 15 is 0 Å². The molecule has 0 aromatic heterocycles. The van der Waals surface area contributed by atoms with E-state index in [-0.39, 0.29) is 29.0 Å². The second-order valence-electron chi connectivity index (χ2n) is 8.60. The third-order valence-electron chi connectivity index (χ3n) is 6.75. The molecule has 3 aliphatic rings. The van der Waals surface area contributed by atoms with Gasteiger partial charge in [0.25, 0.3) is 0 Å². The fourth-order valence-electron chi connectivity index (χ4n) is 5.38. The van der Waals surface area contributed by atoms with Crippen LogP contribution >= 0.6 is 0 Å². The van der Waals surface area contributed by atoms with Gasteiger partial charge in [0.1, 0.15) is 5.78 Å². The van der Waals surface area contributed by atoms with Gasteiger partial charge in [0.05, 0.1) is 13.0 Å². The molecular weight excluding hydrogens is 300 g/mol. The van der Waals surface area contributed by atoms with Crippen LogP contribution in [0.15, 0.2) is 23.3 Å². The van der Waals surface area contributed by atoms with E-state index in [1.807, 2.05) is 6.08 Å². The van der Waals surface area contributed by atoms with Crippen molar-refractivity contribution in [1.82, 2.24) is 0 Å². The van der Waals surface area contributed by atoms with Crippen molar-refractivity contribution >= 4 is 11.8 Å². The van der Waals surface area contributed by atoms with Crippen LogP contribution in [0, 0.1) is 35.0 Å². The van der Waals surface area contributed by atoms with Crippen molar-refractivity contribution in [3.63, 3.8) is 0 Å². The smallest absolute Gasteiger partial charge is 0.334 e. The van der Waals surface area contributed by atoms with Crippen LogP contribution in [0.4, 0.5) is 0 Å². The highest BCUT2D eigenvalue weighted by atomic mass is 16.5. The van der Waals surface area contributed by atoms with Gasteiger partial charge in [-0.3, -0.25) is 4.79 Å². The summed E-state index contributed by atoms with van der Waals surface area (Å²) in [7, 11) is 1.41. The van der Waals surface area contributed by atoms with Gasteiger partial charge in [-0.15, -0.1) is 0 Å². The fourth-order valence-corrected chi connectivity index (χ4v) is 5.38. The molecular formula is C21H30O3. The standard InChI is InChI=1S/C21H30O3/c1-12(2)15-8-9-21(4)17-7-6-13(3)10-14(17)11-16(20(23)24-5)18(21)19(15)22/h10-13,15,17-18H,6-9H2,1-5H3/t13-,15-,17-,18+,21+/m0/s1. The van der Waals surface area contributed by atoms with Crippen molar-refractivity contribution in [2.45, 2.75) is 53.4 Å². The maximum Gasteiger partial charge on any atom is 0.334 e. The summed E-state index contributed by atoms with van der Waals surface area (Å²) in [6.07, 6.45) is 8.52. The molecule has 3 heteroatoms. The number of methoxy groups -OCH3 is 1. The molecule has 0 heterocycles. The molecule has 0 aromatic rings. The third-order valence-corrected chi connectivity index (χ3v) is 6.75. The maximum absolute atomic E-state index is 13.3. The summed E-state index contributed by atoms with van der Waals surface area (Å²) in [6, 6.07) is 0. The molecule has 0 saturated heterocycles. The molecule has 3 nitrogen and oxygen atoms in total. The molecule has 0 unspecified atom stereocenters. The second-order valence-corrected chi connectivity index (χ2v) is 8.60. The van der Waals surface area contributed by atoms with Crippen LogP contribution in [-0.4, -0.2) is 18.9 Å². The van der Waals surface area contributed by atoms with Crippen LogP contribution < -0.4 is 0 Å². The molecule has 0 radical (unpaired) electrons. The number of ether oxygens (including phenoxy) is 1. The minimum Gasteiger partial charge on any atom is -0.466 e. The van der Waals surface area contributed by atoms with Gasteiger partial charge in [-0.1, -0.05) is 33.8 Å². The number of rotatable bonds is 2. The van der Waals surface area contributed by atoms with Crippen molar-refractivity contribution in [1.29, 1.82) is 0 Å². The lowest BCUT2D eigenvalue weighted by molar-refractivity contribution is -0.145. The lowest BCUT2D eigenvalue weighted by Gasteiger charge is -2.53. The molecule has 5 atom stereocenters. The van der Waals surface area contributed by atoms with E-state index in [4.69, 9.17) is 4.74 Å². The number of Topliss-reactive ketones (excluding diaryl/α,β-unsaturated/α-hetero) is 1. The summed E-state index contributed by atoms with van der Waals surface area (Å²) in [5.74, 6) is 0.933. The molecule has 0 bridgehead atoms. The number of hydrogen-bond donors (Lipinski definition) is 0. The first-order chi connectivity index (χ1) is 11.3. The number of esters is 1. The first-order valence-electron chi connectivity index (χ1n) is 9.35. The highest BCUT2D eigenvalue weighted by Gasteiger charge is 2.56. The Morgan fingerprint density at radius 3 is 2.62 bits per heavy atom. The Bertz CT molecular complexity index is 613. The minimum atomic E-state index is -0.332. The quantitative estimate of drug-likeness (QED) is 0.708. The van der Waals surface area contributed by atoms with Crippen LogP contribution in [0.2, 0.25) is 0 Å².